The Morgan fingerprint density at radius 2 is 1.58 bits per heavy atom. The Hall–Kier alpha value is -3.99. The normalized spacial score (nSPS) is 10.5. The molecule has 0 spiro atoms. The second kappa shape index (κ2) is 9.22. The minimum Gasteiger partial charge on any atom is -0.348 e. The molecule has 4 rings (SSSR count). The molecule has 0 saturated carbocycles. The van der Waals surface area contributed by atoms with Gasteiger partial charge in [-0.2, -0.15) is 0 Å². The lowest BCUT2D eigenvalue weighted by Crippen LogP contribution is -2.22. The molecule has 0 aliphatic rings. The third-order valence-corrected chi connectivity index (χ3v) is 4.97. The van der Waals surface area contributed by atoms with Gasteiger partial charge in [-0.1, -0.05) is 53.6 Å². The first-order chi connectivity index (χ1) is 15.1. The van der Waals surface area contributed by atoms with Crippen molar-refractivity contribution in [3.8, 4) is 11.3 Å². The largest absolute Gasteiger partial charge is 0.348 e. The Bertz CT molecular complexity index is 1170. The third kappa shape index (κ3) is 5.34. The molecule has 0 aliphatic carbocycles. The highest BCUT2D eigenvalue weighted by molar-refractivity contribution is 5.94. The van der Waals surface area contributed by atoms with Crippen LogP contribution in [0.3, 0.4) is 0 Å². The number of hydrogen-bond donors (Lipinski definition) is 2. The van der Waals surface area contributed by atoms with Gasteiger partial charge in [-0.15, -0.1) is 10.2 Å². The van der Waals surface area contributed by atoms with Gasteiger partial charge in [0.1, 0.15) is 0 Å². The molecule has 0 fully saturated rings. The smallest absolute Gasteiger partial charge is 0.251 e. The zero-order valence-corrected chi connectivity index (χ0v) is 17.6. The number of rotatable bonds is 6. The molecule has 5 nitrogen and oxygen atoms in total. The van der Waals surface area contributed by atoms with Gasteiger partial charge >= 0.3 is 0 Å². The van der Waals surface area contributed by atoms with E-state index in [0.29, 0.717) is 17.9 Å². The summed E-state index contributed by atoms with van der Waals surface area (Å²) in [4.78, 5) is 12.4. The molecule has 0 radical (unpaired) electrons. The lowest BCUT2D eigenvalue weighted by atomic mass is 10.1. The third-order valence-electron chi connectivity index (χ3n) is 4.97. The number of nitrogens with one attached hydrogen (secondary N) is 2. The summed E-state index contributed by atoms with van der Waals surface area (Å²) in [7, 11) is 0. The molecule has 3 aromatic carbocycles. The van der Waals surface area contributed by atoms with Gasteiger partial charge in [-0.3, -0.25) is 4.79 Å². The molecule has 4 aromatic rings. The minimum absolute atomic E-state index is 0.102. The van der Waals surface area contributed by atoms with Crippen LogP contribution in [0.15, 0.2) is 84.9 Å². The fourth-order valence-electron chi connectivity index (χ4n) is 3.20. The standard InChI is InChI=1S/C26H24N4O/c1-18-6-8-20(9-7-18)17-27-26(31)21-10-12-23(13-11-21)28-25-15-14-24(29-30-25)22-5-3-4-19(2)16-22/h3-16H,17H2,1-2H3,(H,27,31)(H,28,30). The maximum absolute atomic E-state index is 12.4. The van der Waals surface area contributed by atoms with E-state index < -0.39 is 0 Å². The molecule has 31 heavy (non-hydrogen) atoms. The summed E-state index contributed by atoms with van der Waals surface area (Å²) < 4.78 is 0. The van der Waals surface area contributed by atoms with E-state index in [1.54, 1.807) is 12.1 Å². The SMILES string of the molecule is Cc1ccc(CNC(=O)c2ccc(Nc3ccc(-c4cccc(C)c4)nn3)cc2)cc1. The molecular formula is C26H24N4O. The van der Waals surface area contributed by atoms with E-state index in [9.17, 15) is 4.79 Å². The number of aromatic nitrogens is 2. The van der Waals surface area contributed by atoms with E-state index in [2.05, 4.69) is 39.9 Å². The summed E-state index contributed by atoms with van der Waals surface area (Å²) in [6.07, 6.45) is 0. The van der Waals surface area contributed by atoms with Gasteiger partial charge < -0.3 is 10.6 Å². The molecule has 0 atom stereocenters. The van der Waals surface area contributed by atoms with E-state index in [4.69, 9.17) is 0 Å². The summed E-state index contributed by atoms with van der Waals surface area (Å²) in [5, 5.41) is 14.7. The van der Waals surface area contributed by atoms with Crippen LogP contribution >= 0.6 is 0 Å². The van der Waals surface area contributed by atoms with Crippen molar-refractivity contribution in [1.82, 2.24) is 15.5 Å². The Labute approximate surface area is 182 Å². The van der Waals surface area contributed by atoms with Crippen molar-refractivity contribution < 1.29 is 4.79 Å². The molecule has 1 aromatic heterocycles. The van der Waals surface area contributed by atoms with Gasteiger partial charge in [-0.25, -0.2) is 0 Å². The van der Waals surface area contributed by atoms with E-state index >= 15 is 0 Å². The van der Waals surface area contributed by atoms with Gasteiger partial charge in [0.15, 0.2) is 5.82 Å². The first kappa shape index (κ1) is 20.3. The van der Waals surface area contributed by atoms with Crippen LogP contribution in [0, 0.1) is 13.8 Å². The Kier molecular flexibility index (Phi) is 6.03. The highest BCUT2D eigenvalue weighted by Crippen LogP contribution is 2.20. The molecule has 0 saturated heterocycles. The van der Waals surface area contributed by atoms with Gasteiger partial charge in [0.05, 0.1) is 5.69 Å². The van der Waals surface area contributed by atoms with Crippen molar-refractivity contribution in [1.29, 1.82) is 0 Å². The number of hydrogen-bond acceptors (Lipinski definition) is 4. The zero-order valence-electron chi connectivity index (χ0n) is 17.6. The van der Waals surface area contributed by atoms with Crippen LogP contribution < -0.4 is 10.6 Å². The van der Waals surface area contributed by atoms with E-state index in [0.717, 1.165) is 22.5 Å². The summed E-state index contributed by atoms with van der Waals surface area (Å²) in [6, 6.07) is 27.4. The molecule has 1 amide bonds. The number of carbonyl (C=O) groups is 1. The molecule has 154 valence electrons. The summed E-state index contributed by atoms with van der Waals surface area (Å²) in [5.74, 6) is 0.544. The van der Waals surface area contributed by atoms with Crippen LogP contribution in [0.25, 0.3) is 11.3 Å². The highest BCUT2D eigenvalue weighted by Gasteiger charge is 2.06. The molecule has 0 aliphatic heterocycles. The predicted molar refractivity (Wildman–Crippen MR) is 124 cm³/mol. The first-order valence-electron chi connectivity index (χ1n) is 10.2. The number of aryl methyl sites for hydroxylation is 2. The number of nitrogens with zero attached hydrogens (tertiary/aromatic N) is 2. The maximum Gasteiger partial charge on any atom is 0.251 e. The van der Waals surface area contributed by atoms with Crippen LogP contribution in [0.5, 0.6) is 0 Å². The second-order valence-corrected chi connectivity index (χ2v) is 7.54. The number of amides is 1. The lowest BCUT2D eigenvalue weighted by Gasteiger charge is -2.08. The quantitative estimate of drug-likeness (QED) is 0.446. The number of benzene rings is 3. The van der Waals surface area contributed by atoms with Gasteiger partial charge in [0.25, 0.3) is 5.91 Å². The van der Waals surface area contributed by atoms with Crippen molar-refractivity contribution in [3.05, 3.63) is 107 Å². The second-order valence-electron chi connectivity index (χ2n) is 7.54. The lowest BCUT2D eigenvalue weighted by molar-refractivity contribution is 0.0951. The average molecular weight is 409 g/mol. The van der Waals surface area contributed by atoms with Crippen LogP contribution in [0.1, 0.15) is 27.0 Å². The van der Waals surface area contributed by atoms with Crippen LogP contribution in [0.2, 0.25) is 0 Å². The fraction of sp³-hybridized carbons (Fsp3) is 0.115. The monoisotopic (exact) mass is 408 g/mol. The van der Waals surface area contributed by atoms with Gasteiger partial charge in [0.2, 0.25) is 0 Å². The van der Waals surface area contributed by atoms with Crippen molar-refractivity contribution in [2.24, 2.45) is 0 Å². The van der Waals surface area contributed by atoms with E-state index in [1.807, 2.05) is 67.6 Å². The molecule has 0 bridgehead atoms. The molecule has 5 heteroatoms. The van der Waals surface area contributed by atoms with E-state index in [1.165, 1.54) is 11.1 Å². The van der Waals surface area contributed by atoms with Crippen molar-refractivity contribution in [3.63, 3.8) is 0 Å². The summed E-state index contributed by atoms with van der Waals surface area (Å²) >= 11 is 0. The molecule has 0 unspecified atom stereocenters. The van der Waals surface area contributed by atoms with Crippen molar-refractivity contribution >= 4 is 17.4 Å². The van der Waals surface area contributed by atoms with Crippen molar-refractivity contribution in [2.45, 2.75) is 20.4 Å². The molecular weight excluding hydrogens is 384 g/mol. The number of anilines is 2. The molecule has 2 N–H and O–H groups in total. The zero-order chi connectivity index (χ0) is 21.6. The molecule has 1 heterocycles. The predicted octanol–water partition coefficient (Wildman–Crippen LogP) is 5.43. The van der Waals surface area contributed by atoms with Gasteiger partial charge in [-0.05, 0) is 61.9 Å². The van der Waals surface area contributed by atoms with Gasteiger partial charge in [0, 0.05) is 23.4 Å². The van der Waals surface area contributed by atoms with Crippen LogP contribution in [0.4, 0.5) is 11.5 Å². The average Bonchev–Trinajstić information content (AvgIpc) is 2.79. The topological polar surface area (TPSA) is 66.9 Å². The first-order valence-corrected chi connectivity index (χ1v) is 10.2. The van der Waals surface area contributed by atoms with Crippen LogP contribution in [-0.2, 0) is 6.54 Å². The van der Waals surface area contributed by atoms with Crippen LogP contribution in [-0.4, -0.2) is 16.1 Å². The highest BCUT2D eigenvalue weighted by atomic mass is 16.1. The Morgan fingerprint density at radius 3 is 2.26 bits per heavy atom. The summed E-state index contributed by atoms with van der Waals surface area (Å²) in [6.45, 7) is 4.60. The van der Waals surface area contributed by atoms with Crippen molar-refractivity contribution in [2.75, 3.05) is 5.32 Å². The fourth-order valence-corrected chi connectivity index (χ4v) is 3.20. The Balaban J connectivity index is 1.35. The Morgan fingerprint density at radius 1 is 0.806 bits per heavy atom. The maximum atomic E-state index is 12.4. The van der Waals surface area contributed by atoms with E-state index in [-0.39, 0.29) is 5.91 Å². The minimum atomic E-state index is -0.102. The summed E-state index contributed by atoms with van der Waals surface area (Å²) in [5.41, 5.74) is 6.78. The number of carbonyl (C=O) groups excluding carboxylic acids is 1.